The average molecular weight is 428 g/mol. The van der Waals surface area contributed by atoms with Crippen molar-refractivity contribution in [2.75, 3.05) is 11.5 Å². The summed E-state index contributed by atoms with van der Waals surface area (Å²) in [6.45, 7) is -0.0871. The van der Waals surface area contributed by atoms with Gasteiger partial charge in [-0.2, -0.15) is 0 Å². The molecule has 3 aromatic carbocycles. The normalized spacial score (nSPS) is 19.0. The number of rotatable bonds is 4. The average Bonchev–Trinajstić information content (AvgIpc) is 2.84. The van der Waals surface area contributed by atoms with Gasteiger partial charge in [-0.3, -0.25) is 4.79 Å². The number of aliphatic hydroxyl groups is 1. The Balaban J connectivity index is 1.87. The van der Waals surface area contributed by atoms with Crippen molar-refractivity contribution >= 4 is 34.8 Å². The highest BCUT2D eigenvalue weighted by atomic mass is 35.5. The molecule has 1 aliphatic heterocycles. The van der Waals surface area contributed by atoms with Gasteiger partial charge in [0.15, 0.2) is 6.10 Å². The number of hydrogen-bond donors (Lipinski definition) is 1. The maximum absolute atomic E-state index is 13.3. The standard InChI is InChI=1S/C23H19Cl2NO3/c24-16-10-11-20-18(12-16)22(17-8-4-5-9-19(17)25)29-21(14-27)23(28)26(20)13-15-6-2-1-3-7-15/h1-12,21-22,27H,13-14H2. The van der Waals surface area contributed by atoms with Crippen molar-refractivity contribution < 1.29 is 14.6 Å². The Labute approximate surface area is 179 Å². The van der Waals surface area contributed by atoms with Crippen LogP contribution < -0.4 is 4.90 Å². The molecule has 1 heterocycles. The van der Waals surface area contributed by atoms with E-state index in [1.54, 1.807) is 23.1 Å². The third-order valence-electron chi connectivity index (χ3n) is 4.94. The van der Waals surface area contributed by atoms with Gasteiger partial charge in [-0.1, -0.05) is 71.7 Å². The lowest BCUT2D eigenvalue weighted by molar-refractivity contribution is -0.134. The van der Waals surface area contributed by atoms with Gasteiger partial charge in [0.1, 0.15) is 6.10 Å². The predicted octanol–water partition coefficient (Wildman–Crippen LogP) is 5.01. The highest BCUT2D eigenvalue weighted by Crippen LogP contribution is 2.41. The van der Waals surface area contributed by atoms with Gasteiger partial charge in [0.05, 0.1) is 18.8 Å². The number of nitrogens with zero attached hydrogens (tertiary/aromatic N) is 1. The summed E-state index contributed by atoms with van der Waals surface area (Å²) in [4.78, 5) is 14.9. The number of ether oxygens (including phenoxy) is 1. The lowest BCUT2D eigenvalue weighted by Crippen LogP contribution is -2.40. The quantitative estimate of drug-likeness (QED) is 0.636. The summed E-state index contributed by atoms with van der Waals surface area (Å²) in [6.07, 6.45) is -1.66. The smallest absolute Gasteiger partial charge is 0.258 e. The number of aliphatic hydroxyl groups excluding tert-OH is 1. The Morgan fingerprint density at radius 1 is 0.931 bits per heavy atom. The molecule has 0 bridgehead atoms. The number of halogens is 2. The molecule has 0 saturated heterocycles. The van der Waals surface area contributed by atoms with E-state index in [1.165, 1.54) is 0 Å². The summed E-state index contributed by atoms with van der Waals surface area (Å²) in [5.41, 5.74) is 3.09. The first-order valence-electron chi connectivity index (χ1n) is 9.24. The van der Waals surface area contributed by atoms with Gasteiger partial charge in [0, 0.05) is 21.2 Å². The van der Waals surface area contributed by atoms with E-state index < -0.39 is 18.8 Å². The number of anilines is 1. The second-order valence-corrected chi connectivity index (χ2v) is 7.67. The van der Waals surface area contributed by atoms with Crippen LogP contribution >= 0.6 is 23.2 Å². The molecule has 6 heteroatoms. The van der Waals surface area contributed by atoms with E-state index in [0.717, 1.165) is 11.1 Å². The van der Waals surface area contributed by atoms with Crippen LogP contribution in [0.2, 0.25) is 10.0 Å². The molecule has 148 valence electrons. The summed E-state index contributed by atoms with van der Waals surface area (Å²) in [5, 5.41) is 11.0. The van der Waals surface area contributed by atoms with Gasteiger partial charge >= 0.3 is 0 Å². The Bertz CT molecular complexity index is 1030. The van der Waals surface area contributed by atoms with E-state index in [-0.39, 0.29) is 5.91 Å². The van der Waals surface area contributed by atoms with Gasteiger partial charge in [-0.25, -0.2) is 0 Å². The van der Waals surface area contributed by atoms with Crippen LogP contribution in [0.5, 0.6) is 0 Å². The van der Waals surface area contributed by atoms with Crippen molar-refractivity contribution in [2.24, 2.45) is 0 Å². The maximum Gasteiger partial charge on any atom is 0.258 e. The Morgan fingerprint density at radius 3 is 2.38 bits per heavy atom. The zero-order valence-electron chi connectivity index (χ0n) is 15.5. The van der Waals surface area contributed by atoms with Crippen LogP contribution in [-0.4, -0.2) is 23.7 Å². The van der Waals surface area contributed by atoms with E-state index in [4.69, 9.17) is 27.9 Å². The summed E-state index contributed by atoms with van der Waals surface area (Å²) < 4.78 is 6.10. The number of carbonyl (C=O) groups excluding carboxylic acids is 1. The Hall–Kier alpha value is -2.37. The molecule has 0 aromatic heterocycles. The number of benzene rings is 3. The van der Waals surface area contributed by atoms with Crippen molar-refractivity contribution in [1.82, 2.24) is 0 Å². The summed E-state index contributed by atoms with van der Waals surface area (Å²) in [7, 11) is 0. The molecule has 0 saturated carbocycles. The molecule has 2 unspecified atom stereocenters. The van der Waals surface area contributed by atoms with E-state index in [2.05, 4.69) is 0 Å². The number of carbonyl (C=O) groups is 1. The van der Waals surface area contributed by atoms with Crippen LogP contribution in [0.25, 0.3) is 0 Å². The first-order valence-corrected chi connectivity index (χ1v) is 9.99. The second-order valence-electron chi connectivity index (χ2n) is 6.82. The molecular formula is C23H19Cl2NO3. The highest BCUT2D eigenvalue weighted by Gasteiger charge is 2.37. The molecule has 1 aliphatic rings. The maximum atomic E-state index is 13.3. The third kappa shape index (κ3) is 4.02. The van der Waals surface area contributed by atoms with E-state index in [1.807, 2.05) is 54.6 Å². The van der Waals surface area contributed by atoms with E-state index in [9.17, 15) is 9.90 Å². The van der Waals surface area contributed by atoms with E-state index in [0.29, 0.717) is 27.8 Å². The molecule has 29 heavy (non-hydrogen) atoms. The molecule has 3 aromatic rings. The lowest BCUT2D eigenvalue weighted by atomic mass is 9.99. The monoisotopic (exact) mass is 427 g/mol. The Kier molecular flexibility index (Phi) is 5.88. The van der Waals surface area contributed by atoms with Gasteiger partial charge in [-0.15, -0.1) is 0 Å². The zero-order chi connectivity index (χ0) is 20.4. The fraction of sp³-hybridized carbons (Fsp3) is 0.174. The second kappa shape index (κ2) is 8.56. The zero-order valence-corrected chi connectivity index (χ0v) is 17.0. The molecule has 0 fully saturated rings. The van der Waals surface area contributed by atoms with Crippen molar-refractivity contribution in [1.29, 1.82) is 0 Å². The molecule has 0 aliphatic carbocycles. The highest BCUT2D eigenvalue weighted by molar-refractivity contribution is 6.31. The molecule has 1 amide bonds. The van der Waals surface area contributed by atoms with Crippen LogP contribution in [0, 0.1) is 0 Å². The lowest BCUT2D eigenvalue weighted by Gasteiger charge is -2.24. The van der Waals surface area contributed by atoms with Crippen molar-refractivity contribution in [3.63, 3.8) is 0 Å². The van der Waals surface area contributed by atoms with Gasteiger partial charge in [0.2, 0.25) is 0 Å². The largest absolute Gasteiger partial charge is 0.393 e. The van der Waals surface area contributed by atoms with Crippen LogP contribution in [-0.2, 0) is 16.1 Å². The van der Waals surface area contributed by atoms with Crippen molar-refractivity contribution in [3.8, 4) is 0 Å². The topological polar surface area (TPSA) is 49.8 Å². The van der Waals surface area contributed by atoms with Crippen molar-refractivity contribution in [2.45, 2.75) is 18.8 Å². The summed E-state index contributed by atoms with van der Waals surface area (Å²) >= 11 is 12.7. The van der Waals surface area contributed by atoms with Crippen LogP contribution in [0.15, 0.2) is 72.8 Å². The molecule has 2 atom stereocenters. The minimum absolute atomic E-state index is 0.311. The SMILES string of the molecule is O=C1C(CO)OC(c2ccccc2Cl)c2cc(Cl)ccc2N1Cc1ccccc1. The fourth-order valence-corrected chi connectivity index (χ4v) is 3.96. The van der Waals surface area contributed by atoms with E-state index >= 15 is 0 Å². The van der Waals surface area contributed by atoms with Gasteiger partial charge in [0.25, 0.3) is 5.91 Å². The first kappa shape index (κ1) is 19.9. The van der Waals surface area contributed by atoms with Crippen LogP contribution in [0.1, 0.15) is 22.8 Å². The van der Waals surface area contributed by atoms with Gasteiger partial charge in [-0.05, 0) is 29.8 Å². The number of hydrogen-bond acceptors (Lipinski definition) is 3. The summed E-state index contributed by atoms with van der Waals surface area (Å²) in [5.74, 6) is -0.311. The van der Waals surface area contributed by atoms with Crippen LogP contribution in [0.4, 0.5) is 5.69 Å². The molecule has 0 radical (unpaired) electrons. The van der Waals surface area contributed by atoms with Crippen LogP contribution in [0.3, 0.4) is 0 Å². The predicted molar refractivity (Wildman–Crippen MR) is 114 cm³/mol. The minimum Gasteiger partial charge on any atom is -0.393 e. The van der Waals surface area contributed by atoms with Gasteiger partial charge < -0.3 is 14.7 Å². The summed E-state index contributed by atoms with van der Waals surface area (Å²) in [6, 6.07) is 22.3. The molecule has 1 N–H and O–H groups in total. The Morgan fingerprint density at radius 2 is 1.66 bits per heavy atom. The number of fused-ring (bicyclic) bond motifs is 1. The first-order chi connectivity index (χ1) is 14.1. The molecule has 0 spiro atoms. The molecule has 4 rings (SSSR count). The number of amides is 1. The third-order valence-corrected chi connectivity index (χ3v) is 5.52. The molecular weight excluding hydrogens is 409 g/mol. The fourth-order valence-electron chi connectivity index (χ4n) is 3.55. The molecule has 4 nitrogen and oxygen atoms in total. The van der Waals surface area contributed by atoms with Crippen molar-refractivity contribution in [3.05, 3.63) is 99.5 Å². The minimum atomic E-state index is -1.02.